The Bertz CT molecular complexity index is 363. The standard InChI is InChI=1S/C9H9F3N2O/c10-9(11,12)7-4-2-1-3-6(7)5-14-8(13)15/h1-4H,5H2,(H3,13,14,15). The van der Waals surface area contributed by atoms with Gasteiger partial charge in [-0.2, -0.15) is 13.2 Å². The van der Waals surface area contributed by atoms with E-state index in [1.54, 1.807) is 0 Å². The number of alkyl halides is 3. The number of rotatable bonds is 2. The summed E-state index contributed by atoms with van der Waals surface area (Å²) in [4.78, 5) is 10.4. The molecule has 15 heavy (non-hydrogen) atoms. The Labute approximate surface area is 84.1 Å². The molecule has 3 N–H and O–H groups in total. The highest BCUT2D eigenvalue weighted by Gasteiger charge is 2.32. The highest BCUT2D eigenvalue weighted by Crippen LogP contribution is 2.31. The molecule has 1 rings (SSSR count). The van der Waals surface area contributed by atoms with E-state index in [0.29, 0.717) is 0 Å². The number of urea groups is 1. The number of halogens is 3. The first-order valence-corrected chi connectivity index (χ1v) is 4.09. The van der Waals surface area contributed by atoms with Crippen molar-refractivity contribution < 1.29 is 18.0 Å². The van der Waals surface area contributed by atoms with Crippen molar-refractivity contribution in [1.82, 2.24) is 5.32 Å². The zero-order valence-corrected chi connectivity index (χ0v) is 7.64. The number of hydrogen-bond acceptors (Lipinski definition) is 1. The molecule has 6 heteroatoms. The lowest BCUT2D eigenvalue weighted by Gasteiger charge is -2.12. The maximum absolute atomic E-state index is 12.4. The first kappa shape index (κ1) is 11.4. The number of hydrogen-bond donors (Lipinski definition) is 2. The average molecular weight is 218 g/mol. The smallest absolute Gasteiger partial charge is 0.352 e. The second kappa shape index (κ2) is 4.20. The first-order valence-electron chi connectivity index (χ1n) is 4.09. The molecular formula is C9H9F3N2O. The fourth-order valence-electron chi connectivity index (χ4n) is 1.13. The fraction of sp³-hybridized carbons (Fsp3) is 0.222. The molecule has 1 aromatic carbocycles. The summed E-state index contributed by atoms with van der Waals surface area (Å²) in [7, 11) is 0. The molecule has 0 fully saturated rings. The van der Waals surface area contributed by atoms with E-state index in [1.807, 2.05) is 0 Å². The molecule has 2 amide bonds. The lowest BCUT2D eigenvalue weighted by atomic mass is 10.1. The average Bonchev–Trinajstić information content (AvgIpc) is 2.13. The van der Waals surface area contributed by atoms with Gasteiger partial charge in [-0.25, -0.2) is 4.79 Å². The van der Waals surface area contributed by atoms with E-state index in [4.69, 9.17) is 5.73 Å². The zero-order chi connectivity index (χ0) is 11.5. The summed E-state index contributed by atoms with van der Waals surface area (Å²) in [5.41, 5.74) is 3.99. The van der Waals surface area contributed by atoms with Crippen LogP contribution in [0.25, 0.3) is 0 Å². The molecule has 82 valence electrons. The Morgan fingerprint density at radius 1 is 1.33 bits per heavy atom. The van der Waals surface area contributed by atoms with Gasteiger partial charge >= 0.3 is 12.2 Å². The predicted molar refractivity (Wildman–Crippen MR) is 47.9 cm³/mol. The fourth-order valence-corrected chi connectivity index (χ4v) is 1.13. The molecule has 1 aromatic rings. The van der Waals surface area contributed by atoms with Crippen molar-refractivity contribution in [2.24, 2.45) is 5.73 Å². The summed E-state index contributed by atoms with van der Waals surface area (Å²) in [5, 5.41) is 2.11. The molecule has 3 nitrogen and oxygen atoms in total. The number of nitrogens with one attached hydrogen (secondary N) is 1. The summed E-state index contributed by atoms with van der Waals surface area (Å²) in [6.45, 7) is -0.231. The summed E-state index contributed by atoms with van der Waals surface area (Å²) in [6.07, 6.45) is -4.42. The maximum atomic E-state index is 12.4. The molecule has 0 saturated heterocycles. The van der Waals surface area contributed by atoms with Gasteiger partial charge in [0.05, 0.1) is 5.56 Å². The van der Waals surface area contributed by atoms with Crippen LogP contribution in [0.3, 0.4) is 0 Å². The van der Waals surface area contributed by atoms with Crippen LogP contribution >= 0.6 is 0 Å². The lowest BCUT2D eigenvalue weighted by Crippen LogP contribution is -2.29. The molecule has 0 radical (unpaired) electrons. The quantitative estimate of drug-likeness (QED) is 0.782. The van der Waals surface area contributed by atoms with Gasteiger partial charge in [0.1, 0.15) is 0 Å². The van der Waals surface area contributed by atoms with Crippen molar-refractivity contribution in [2.45, 2.75) is 12.7 Å². The monoisotopic (exact) mass is 218 g/mol. The summed E-state index contributed by atoms with van der Waals surface area (Å²) < 4.78 is 37.3. The molecular weight excluding hydrogens is 209 g/mol. The molecule has 0 aliphatic heterocycles. The SMILES string of the molecule is NC(=O)NCc1ccccc1C(F)(F)F. The topological polar surface area (TPSA) is 55.1 Å². The van der Waals surface area contributed by atoms with Crippen molar-refractivity contribution in [3.8, 4) is 0 Å². The Morgan fingerprint density at radius 2 is 1.93 bits per heavy atom. The molecule has 0 saturated carbocycles. The Hall–Kier alpha value is -1.72. The van der Waals surface area contributed by atoms with Crippen LogP contribution in [0, 0.1) is 0 Å². The predicted octanol–water partition coefficient (Wildman–Crippen LogP) is 1.87. The third-order valence-corrected chi connectivity index (χ3v) is 1.78. The molecule has 0 spiro atoms. The van der Waals surface area contributed by atoms with E-state index in [2.05, 4.69) is 5.32 Å². The summed E-state index contributed by atoms with van der Waals surface area (Å²) in [5.74, 6) is 0. The minimum absolute atomic E-state index is 0.0104. The van der Waals surface area contributed by atoms with Gasteiger partial charge in [-0.15, -0.1) is 0 Å². The van der Waals surface area contributed by atoms with Crippen LogP contribution in [0.2, 0.25) is 0 Å². The highest BCUT2D eigenvalue weighted by atomic mass is 19.4. The molecule has 0 heterocycles. The van der Waals surface area contributed by atoms with Gasteiger partial charge in [0.25, 0.3) is 0 Å². The first-order chi connectivity index (χ1) is 6.91. The number of amides is 2. The second-order valence-electron chi connectivity index (χ2n) is 2.87. The third kappa shape index (κ3) is 3.16. The summed E-state index contributed by atoms with van der Waals surface area (Å²) >= 11 is 0. The molecule has 0 aliphatic carbocycles. The molecule has 0 bridgehead atoms. The highest BCUT2D eigenvalue weighted by molar-refractivity contribution is 5.71. The van der Waals surface area contributed by atoms with E-state index < -0.39 is 17.8 Å². The van der Waals surface area contributed by atoms with Crippen molar-refractivity contribution in [1.29, 1.82) is 0 Å². The van der Waals surface area contributed by atoms with Crippen LogP contribution in [0.4, 0.5) is 18.0 Å². The Kier molecular flexibility index (Phi) is 3.18. The second-order valence-corrected chi connectivity index (χ2v) is 2.87. The Balaban J connectivity index is 2.92. The third-order valence-electron chi connectivity index (χ3n) is 1.78. The van der Waals surface area contributed by atoms with E-state index in [0.717, 1.165) is 6.07 Å². The van der Waals surface area contributed by atoms with Crippen LogP contribution in [0.5, 0.6) is 0 Å². The van der Waals surface area contributed by atoms with E-state index in [-0.39, 0.29) is 12.1 Å². The summed E-state index contributed by atoms with van der Waals surface area (Å²) in [6, 6.07) is 4.15. The van der Waals surface area contributed by atoms with Gasteiger partial charge < -0.3 is 11.1 Å². The minimum atomic E-state index is -4.42. The van der Waals surface area contributed by atoms with Crippen molar-refractivity contribution in [3.63, 3.8) is 0 Å². The van der Waals surface area contributed by atoms with Crippen molar-refractivity contribution in [2.75, 3.05) is 0 Å². The number of benzene rings is 1. The van der Waals surface area contributed by atoms with Gasteiger partial charge in [-0.3, -0.25) is 0 Å². The van der Waals surface area contributed by atoms with E-state index in [1.165, 1.54) is 18.2 Å². The van der Waals surface area contributed by atoms with Gasteiger partial charge in [0.2, 0.25) is 0 Å². The number of primary amides is 1. The number of carbonyl (C=O) groups excluding carboxylic acids is 1. The van der Waals surface area contributed by atoms with Gasteiger partial charge in [0.15, 0.2) is 0 Å². The normalized spacial score (nSPS) is 11.1. The van der Waals surface area contributed by atoms with Crippen LogP contribution in [0.15, 0.2) is 24.3 Å². The van der Waals surface area contributed by atoms with Gasteiger partial charge in [0, 0.05) is 6.54 Å². The number of carbonyl (C=O) groups is 1. The molecule has 0 aliphatic rings. The lowest BCUT2D eigenvalue weighted by molar-refractivity contribution is -0.138. The molecule has 0 aromatic heterocycles. The number of nitrogens with two attached hydrogens (primary N) is 1. The van der Waals surface area contributed by atoms with Crippen LogP contribution < -0.4 is 11.1 Å². The largest absolute Gasteiger partial charge is 0.416 e. The van der Waals surface area contributed by atoms with Gasteiger partial charge in [-0.05, 0) is 11.6 Å². The van der Waals surface area contributed by atoms with E-state index in [9.17, 15) is 18.0 Å². The van der Waals surface area contributed by atoms with E-state index >= 15 is 0 Å². The zero-order valence-electron chi connectivity index (χ0n) is 7.64. The maximum Gasteiger partial charge on any atom is 0.416 e. The van der Waals surface area contributed by atoms with Crippen LogP contribution in [0.1, 0.15) is 11.1 Å². The van der Waals surface area contributed by atoms with Crippen LogP contribution in [-0.4, -0.2) is 6.03 Å². The van der Waals surface area contributed by atoms with Gasteiger partial charge in [-0.1, -0.05) is 18.2 Å². The Morgan fingerprint density at radius 3 is 2.47 bits per heavy atom. The van der Waals surface area contributed by atoms with Crippen molar-refractivity contribution in [3.05, 3.63) is 35.4 Å². The van der Waals surface area contributed by atoms with Crippen molar-refractivity contribution >= 4 is 6.03 Å². The molecule has 0 unspecified atom stereocenters. The van der Waals surface area contributed by atoms with Crippen LogP contribution in [-0.2, 0) is 12.7 Å². The molecule has 0 atom stereocenters. The minimum Gasteiger partial charge on any atom is -0.352 e.